The van der Waals surface area contributed by atoms with Crippen molar-refractivity contribution in [3.8, 4) is 6.08 Å². The molecule has 1 heterocycles. The second-order valence-electron chi connectivity index (χ2n) is 2.61. The number of aromatic nitrogens is 1. The molecule has 0 saturated heterocycles. The highest BCUT2D eigenvalue weighted by Crippen LogP contribution is 2.07. The second kappa shape index (κ2) is 4.49. The molecule has 1 radical (unpaired) electrons. The fourth-order valence-corrected chi connectivity index (χ4v) is 0.831. The number of amides is 1. The molecule has 5 nitrogen and oxygen atoms in total. The van der Waals surface area contributed by atoms with Crippen molar-refractivity contribution >= 4 is 5.91 Å². The third kappa shape index (κ3) is 2.77. The Kier molecular flexibility index (Phi) is 3.31. The first-order valence-electron chi connectivity index (χ1n) is 4.14. The second-order valence-corrected chi connectivity index (χ2v) is 2.61. The summed E-state index contributed by atoms with van der Waals surface area (Å²) in [6.45, 7) is 2.62. The van der Waals surface area contributed by atoms with E-state index in [0.717, 1.165) is 19.1 Å². The summed E-state index contributed by atoms with van der Waals surface area (Å²) in [6, 6.07) is 0. The maximum absolute atomic E-state index is 11.2. The molecule has 71 valence electrons. The minimum Gasteiger partial charge on any atom is -0.414 e. The van der Waals surface area contributed by atoms with Gasteiger partial charge in [-0.25, -0.2) is 5.11 Å². The van der Waals surface area contributed by atoms with Crippen LogP contribution in [0.2, 0.25) is 0 Å². The van der Waals surface area contributed by atoms with E-state index in [4.69, 9.17) is 0 Å². The highest BCUT2D eigenvalue weighted by molar-refractivity contribution is 5.91. The van der Waals surface area contributed by atoms with Gasteiger partial charge in [0, 0.05) is 6.54 Å². The lowest BCUT2D eigenvalue weighted by atomic mass is 10.3. The molecule has 1 N–H and O–H groups in total. The summed E-state index contributed by atoms with van der Waals surface area (Å²) in [5, 5.41) is 13.1. The number of carbonyl (C=O) groups excluding carboxylic acids is 1. The molecule has 0 aromatic carbocycles. The molecule has 0 spiro atoms. The van der Waals surface area contributed by atoms with E-state index in [0.29, 0.717) is 6.54 Å². The standard InChI is InChI=1S/C8H11N2O3/c1-2-3-4-9-7(11)6-5-13-8(12)10-6/h5H,2-4H2,1H3,(H,9,11). The van der Waals surface area contributed by atoms with Gasteiger partial charge in [-0.1, -0.05) is 13.3 Å². The van der Waals surface area contributed by atoms with Gasteiger partial charge in [0.2, 0.25) is 0 Å². The number of hydrogen-bond donors (Lipinski definition) is 1. The molecule has 1 amide bonds. The van der Waals surface area contributed by atoms with E-state index in [1.165, 1.54) is 0 Å². The van der Waals surface area contributed by atoms with Crippen molar-refractivity contribution in [3.05, 3.63) is 12.0 Å². The number of hydrogen-bond acceptors (Lipinski definition) is 3. The van der Waals surface area contributed by atoms with E-state index < -0.39 is 6.08 Å². The fraction of sp³-hybridized carbons (Fsp3) is 0.500. The van der Waals surface area contributed by atoms with Gasteiger partial charge in [-0.2, -0.15) is 4.98 Å². The van der Waals surface area contributed by atoms with Crippen LogP contribution < -0.4 is 5.32 Å². The van der Waals surface area contributed by atoms with E-state index in [2.05, 4.69) is 14.7 Å². The van der Waals surface area contributed by atoms with Crippen molar-refractivity contribution in [3.63, 3.8) is 0 Å². The number of nitrogens with one attached hydrogen (secondary N) is 1. The lowest BCUT2D eigenvalue weighted by Crippen LogP contribution is -2.24. The molecule has 0 saturated carbocycles. The minimum absolute atomic E-state index is 0.0427. The van der Waals surface area contributed by atoms with Crippen molar-refractivity contribution in [1.82, 2.24) is 10.3 Å². The first-order chi connectivity index (χ1) is 6.24. The third-order valence-corrected chi connectivity index (χ3v) is 1.53. The molecular weight excluding hydrogens is 172 g/mol. The zero-order valence-electron chi connectivity index (χ0n) is 7.37. The van der Waals surface area contributed by atoms with Gasteiger partial charge in [-0.15, -0.1) is 0 Å². The molecule has 0 aliphatic rings. The molecule has 1 rings (SSSR count). The Morgan fingerprint density at radius 2 is 2.46 bits per heavy atom. The smallest absolute Gasteiger partial charge is 0.414 e. The molecule has 1 aromatic heterocycles. The topological polar surface area (TPSA) is 75.0 Å². The first-order valence-corrected chi connectivity index (χ1v) is 4.14. The summed E-state index contributed by atoms with van der Waals surface area (Å²) in [5.74, 6) is -0.362. The van der Waals surface area contributed by atoms with E-state index in [9.17, 15) is 9.90 Å². The maximum atomic E-state index is 11.2. The molecule has 0 atom stereocenters. The van der Waals surface area contributed by atoms with E-state index in [1.54, 1.807) is 0 Å². The zero-order chi connectivity index (χ0) is 9.68. The average molecular weight is 183 g/mol. The Balaban J connectivity index is 2.40. The minimum atomic E-state index is -0.736. The van der Waals surface area contributed by atoms with Crippen molar-refractivity contribution < 1.29 is 14.3 Å². The van der Waals surface area contributed by atoms with Crippen LogP contribution in [0.25, 0.3) is 0 Å². The van der Waals surface area contributed by atoms with Crippen LogP contribution in [0.1, 0.15) is 30.3 Å². The number of unbranched alkanes of at least 4 members (excludes halogenated alkanes) is 1. The van der Waals surface area contributed by atoms with Gasteiger partial charge in [0.05, 0.1) is 0 Å². The van der Waals surface area contributed by atoms with Crippen molar-refractivity contribution in [2.75, 3.05) is 6.54 Å². The van der Waals surface area contributed by atoms with Crippen molar-refractivity contribution in [2.45, 2.75) is 19.8 Å². The van der Waals surface area contributed by atoms with Crippen LogP contribution in [0.15, 0.2) is 10.7 Å². The average Bonchev–Trinajstić information content (AvgIpc) is 2.52. The number of rotatable bonds is 4. The Hall–Kier alpha value is -1.52. The summed E-state index contributed by atoms with van der Waals surface area (Å²) < 4.78 is 4.36. The SMILES string of the molecule is CCCCNC(=O)c1coc([O])n1. The molecule has 0 bridgehead atoms. The number of nitrogens with zero attached hydrogens (tertiary/aromatic N) is 1. The molecule has 0 fully saturated rings. The zero-order valence-corrected chi connectivity index (χ0v) is 7.37. The summed E-state index contributed by atoms with van der Waals surface area (Å²) in [6.07, 6.45) is 2.24. The van der Waals surface area contributed by atoms with Crippen molar-refractivity contribution in [2.24, 2.45) is 0 Å². The van der Waals surface area contributed by atoms with Crippen LogP contribution in [-0.4, -0.2) is 17.4 Å². The van der Waals surface area contributed by atoms with Crippen LogP contribution in [-0.2, 0) is 5.11 Å². The summed E-state index contributed by atoms with van der Waals surface area (Å²) in [5.41, 5.74) is 0.0427. The summed E-state index contributed by atoms with van der Waals surface area (Å²) in [7, 11) is 0. The monoisotopic (exact) mass is 183 g/mol. The van der Waals surface area contributed by atoms with Gasteiger partial charge in [0.25, 0.3) is 5.91 Å². The fourth-order valence-electron chi connectivity index (χ4n) is 0.831. The van der Waals surface area contributed by atoms with E-state index >= 15 is 0 Å². The maximum Gasteiger partial charge on any atom is 0.439 e. The van der Waals surface area contributed by atoms with Crippen LogP contribution in [0.5, 0.6) is 6.08 Å². The van der Waals surface area contributed by atoms with E-state index in [-0.39, 0.29) is 11.6 Å². The van der Waals surface area contributed by atoms with Gasteiger partial charge in [-0.05, 0) is 6.42 Å². The molecule has 0 unspecified atom stereocenters. The van der Waals surface area contributed by atoms with Crippen LogP contribution >= 0.6 is 0 Å². The molecule has 1 aromatic rings. The highest BCUT2D eigenvalue weighted by atomic mass is 16.5. The predicted octanol–water partition coefficient (Wildman–Crippen LogP) is 1.35. The Bertz CT molecular complexity index is 283. The lowest BCUT2D eigenvalue weighted by Gasteiger charge is -1.99. The predicted molar refractivity (Wildman–Crippen MR) is 43.9 cm³/mol. The van der Waals surface area contributed by atoms with Crippen LogP contribution in [0, 0.1) is 0 Å². The molecular formula is C8H11N2O3. The Labute approximate surface area is 75.8 Å². The van der Waals surface area contributed by atoms with Crippen LogP contribution in [0.3, 0.4) is 0 Å². The molecule has 5 heteroatoms. The number of oxazole rings is 1. The third-order valence-electron chi connectivity index (χ3n) is 1.53. The molecule has 0 aliphatic carbocycles. The normalized spacial score (nSPS) is 9.92. The van der Waals surface area contributed by atoms with Crippen LogP contribution in [0.4, 0.5) is 0 Å². The van der Waals surface area contributed by atoms with Gasteiger partial charge in [-0.3, -0.25) is 4.79 Å². The number of carbonyl (C=O) groups is 1. The van der Waals surface area contributed by atoms with E-state index in [1.807, 2.05) is 6.92 Å². The van der Waals surface area contributed by atoms with Gasteiger partial charge in [0.15, 0.2) is 5.69 Å². The summed E-state index contributed by atoms with van der Waals surface area (Å²) >= 11 is 0. The van der Waals surface area contributed by atoms with Gasteiger partial charge >= 0.3 is 6.08 Å². The van der Waals surface area contributed by atoms with Gasteiger partial charge in [0.1, 0.15) is 6.26 Å². The largest absolute Gasteiger partial charge is 0.439 e. The Morgan fingerprint density at radius 3 is 3.00 bits per heavy atom. The first kappa shape index (κ1) is 9.57. The quantitative estimate of drug-likeness (QED) is 0.716. The molecule has 13 heavy (non-hydrogen) atoms. The molecule has 0 aliphatic heterocycles. The summed E-state index contributed by atoms with van der Waals surface area (Å²) in [4.78, 5) is 14.5. The Morgan fingerprint density at radius 1 is 1.69 bits per heavy atom. The highest BCUT2D eigenvalue weighted by Gasteiger charge is 2.10. The van der Waals surface area contributed by atoms with Crippen molar-refractivity contribution in [1.29, 1.82) is 0 Å². The lowest BCUT2D eigenvalue weighted by molar-refractivity contribution is 0.0947. The van der Waals surface area contributed by atoms with Gasteiger partial charge < -0.3 is 9.73 Å².